The molecule has 0 amide bonds. The van der Waals surface area contributed by atoms with Crippen molar-refractivity contribution in [1.29, 1.82) is 0 Å². The van der Waals surface area contributed by atoms with E-state index in [1.807, 2.05) is 0 Å². The molecule has 1 aliphatic rings. The van der Waals surface area contributed by atoms with Gasteiger partial charge in [-0.15, -0.1) is 0 Å². The van der Waals surface area contributed by atoms with Crippen LogP contribution < -0.4 is 11.1 Å². The summed E-state index contributed by atoms with van der Waals surface area (Å²) >= 11 is 0. The molecule has 0 bridgehead atoms. The summed E-state index contributed by atoms with van der Waals surface area (Å²) in [5.74, 6) is 0.462. The molecule has 0 spiro atoms. The van der Waals surface area contributed by atoms with Crippen LogP contribution in [0.15, 0.2) is 42.0 Å². The van der Waals surface area contributed by atoms with Crippen LogP contribution >= 0.6 is 0 Å². The van der Waals surface area contributed by atoms with Crippen LogP contribution in [0.1, 0.15) is 44.1 Å². The van der Waals surface area contributed by atoms with Gasteiger partial charge in [-0.2, -0.15) is 0 Å². The summed E-state index contributed by atoms with van der Waals surface area (Å²) in [5.41, 5.74) is 8.92. The lowest BCUT2D eigenvalue weighted by Crippen LogP contribution is -2.40. The van der Waals surface area contributed by atoms with Crippen LogP contribution in [0, 0.1) is 0 Å². The summed E-state index contributed by atoms with van der Waals surface area (Å²) in [6.07, 6.45) is 7.49. The van der Waals surface area contributed by atoms with Gasteiger partial charge >= 0.3 is 0 Å². The molecule has 2 rings (SSSR count). The van der Waals surface area contributed by atoms with E-state index in [-0.39, 0.29) is 0 Å². The molecule has 2 unspecified atom stereocenters. The quantitative estimate of drug-likeness (QED) is 0.737. The van der Waals surface area contributed by atoms with Crippen molar-refractivity contribution in [2.45, 2.75) is 44.6 Å². The highest BCUT2D eigenvalue weighted by Crippen LogP contribution is 2.21. The van der Waals surface area contributed by atoms with Gasteiger partial charge in [0.05, 0.1) is 0 Å². The molecule has 0 aliphatic heterocycles. The minimum absolute atomic E-state index is 0.365. The number of hydrogen-bond donors (Lipinski definition) is 2. The van der Waals surface area contributed by atoms with Crippen LogP contribution in [0.5, 0.6) is 0 Å². The van der Waals surface area contributed by atoms with E-state index in [2.05, 4.69) is 48.6 Å². The van der Waals surface area contributed by atoms with Gasteiger partial charge in [0.15, 0.2) is 0 Å². The maximum Gasteiger partial charge on any atom is 0.0256 e. The molecular formula is C17H26N2. The largest absolute Gasteiger partial charge is 0.329 e. The third-order valence-electron chi connectivity index (χ3n) is 4.17. The second kappa shape index (κ2) is 7.46. The molecule has 1 aromatic carbocycles. The molecule has 1 aliphatic carbocycles. The molecule has 0 saturated heterocycles. The third-order valence-corrected chi connectivity index (χ3v) is 4.17. The van der Waals surface area contributed by atoms with Crippen molar-refractivity contribution < 1.29 is 0 Å². The predicted octanol–water partition coefficient (Wildman–Crippen LogP) is 3.21. The first-order chi connectivity index (χ1) is 9.31. The number of allylic oxidation sites excluding steroid dienone is 1. The number of hydrogen-bond acceptors (Lipinski definition) is 2. The van der Waals surface area contributed by atoms with Crippen LogP contribution in [0.2, 0.25) is 0 Å². The van der Waals surface area contributed by atoms with Crippen LogP contribution in [-0.4, -0.2) is 19.1 Å². The van der Waals surface area contributed by atoms with Gasteiger partial charge in [-0.3, -0.25) is 0 Å². The van der Waals surface area contributed by atoms with Crippen LogP contribution in [-0.2, 0) is 0 Å². The number of rotatable bonds is 7. The SMILES string of the molecule is CC(c1ccccc1)C(CN)NCCC1=CCCC1. The van der Waals surface area contributed by atoms with Gasteiger partial charge < -0.3 is 11.1 Å². The van der Waals surface area contributed by atoms with Gasteiger partial charge in [0.25, 0.3) is 0 Å². The van der Waals surface area contributed by atoms with Crippen LogP contribution in [0.3, 0.4) is 0 Å². The molecule has 0 radical (unpaired) electrons. The van der Waals surface area contributed by atoms with E-state index in [0.717, 1.165) is 6.54 Å². The predicted molar refractivity (Wildman–Crippen MR) is 82.3 cm³/mol. The molecule has 0 heterocycles. The maximum absolute atomic E-state index is 5.93. The molecule has 2 nitrogen and oxygen atoms in total. The molecule has 0 fully saturated rings. The molecule has 1 aromatic rings. The van der Waals surface area contributed by atoms with E-state index in [0.29, 0.717) is 18.5 Å². The van der Waals surface area contributed by atoms with E-state index >= 15 is 0 Å². The Hall–Kier alpha value is -1.12. The van der Waals surface area contributed by atoms with E-state index in [4.69, 9.17) is 5.73 Å². The highest BCUT2D eigenvalue weighted by molar-refractivity contribution is 5.20. The van der Waals surface area contributed by atoms with Crippen molar-refractivity contribution in [3.8, 4) is 0 Å². The Morgan fingerprint density at radius 3 is 2.68 bits per heavy atom. The van der Waals surface area contributed by atoms with Gasteiger partial charge in [0, 0.05) is 12.6 Å². The molecule has 104 valence electrons. The highest BCUT2D eigenvalue weighted by Gasteiger charge is 2.16. The molecule has 0 aromatic heterocycles. The second-order valence-electron chi connectivity index (χ2n) is 5.50. The number of nitrogens with one attached hydrogen (secondary N) is 1. The fraction of sp³-hybridized carbons (Fsp3) is 0.529. The zero-order chi connectivity index (χ0) is 13.5. The molecule has 19 heavy (non-hydrogen) atoms. The average molecular weight is 258 g/mol. The van der Waals surface area contributed by atoms with E-state index in [1.54, 1.807) is 5.57 Å². The minimum atomic E-state index is 0.365. The molecule has 3 N–H and O–H groups in total. The summed E-state index contributed by atoms with van der Waals surface area (Å²) in [5, 5.41) is 3.63. The third kappa shape index (κ3) is 4.19. The van der Waals surface area contributed by atoms with Crippen LogP contribution in [0.4, 0.5) is 0 Å². The van der Waals surface area contributed by atoms with Crippen molar-refractivity contribution in [3.05, 3.63) is 47.5 Å². The van der Waals surface area contributed by atoms with E-state index < -0.39 is 0 Å². The molecule has 2 heteroatoms. The lowest BCUT2D eigenvalue weighted by Gasteiger charge is -2.24. The summed E-state index contributed by atoms with van der Waals surface area (Å²) in [4.78, 5) is 0. The summed E-state index contributed by atoms with van der Waals surface area (Å²) in [7, 11) is 0. The van der Waals surface area contributed by atoms with Gasteiger partial charge in [0.1, 0.15) is 0 Å². The molecule has 0 saturated carbocycles. The standard InChI is InChI=1S/C17H26N2/c1-14(16-9-3-2-4-10-16)17(13-18)19-12-11-15-7-5-6-8-15/h2-4,7,9-10,14,17,19H,5-6,8,11-13,18H2,1H3. The van der Waals surface area contributed by atoms with Gasteiger partial charge in [-0.1, -0.05) is 48.9 Å². The first-order valence-corrected chi connectivity index (χ1v) is 7.47. The fourth-order valence-corrected chi connectivity index (χ4v) is 2.84. The van der Waals surface area contributed by atoms with Gasteiger partial charge in [-0.05, 0) is 43.7 Å². The monoisotopic (exact) mass is 258 g/mol. The topological polar surface area (TPSA) is 38.0 Å². The zero-order valence-electron chi connectivity index (χ0n) is 11.9. The maximum atomic E-state index is 5.93. The Bertz CT molecular complexity index is 397. The first-order valence-electron chi connectivity index (χ1n) is 7.47. The molecule has 2 atom stereocenters. The Balaban J connectivity index is 1.82. The Morgan fingerprint density at radius 1 is 1.26 bits per heavy atom. The Labute approximate surface area is 117 Å². The van der Waals surface area contributed by atoms with Crippen molar-refractivity contribution in [1.82, 2.24) is 5.32 Å². The van der Waals surface area contributed by atoms with Gasteiger partial charge in [0.2, 0.25) is 0 Å². The Kier molecular flexibility index (Phi) is 5.62. The van der Waals surface area contributed by atoms with E-state index in [1.165, 1.54) is 31.2 Å². The van der Waals surface area contributed by atoms with Crippen molar-refractivity contribution >= 4 is 0 Å². The van der Waals surface area contributed by atoms with Crippen LogP contribution in [0.25, 0.3) is 0 Å². The Morgan fingerprint density at radius 2 is 2.05 bits per heavy atom. The molecular weight excluding hydrogens is 232 g/mol. The summed E-state index contributed by atoms with van der Waals surface area (Å²) < 4.78 is 0. The van der Waals surface area contributed by atoms with Crippen molar-refractivity contribution in [2.75, 3.05) is 13.1 Å². The van der Waals surface area contributed by atoms with E-state index in [9.17, 15) is 0 Å². The van der Waals surface area contributed by atoms with Gasteiger partial charge in [-0.25, -0.2) is 0 Å². The van der Waals surface area contributed by atoms with Crippen molar-refractivity contribution in [3.63, 3.8) is 0 Å². The zero-order valence-corrected chi connectivity index (χ0v) is 11.9. The number of benzene rings is 1. The lowest BCUT2D eigenvalue weighted by molar-refractivity contribution is 0.458. The average Bonchev–Trinajstić information content (AvgIpc) is 2.97. The minimum Gasteiger partial charge on any atom is -0.329 e. The first kappa shape index (κ1) is 14.3. The normalized spacial score (nSPS) is 18.1. The van der Waals surface area contributed by atoms with Crippen molar-refractivity contribution in [2.24, 2.45) is 5.73 Å². The fourth-order valence-electron chi connectivity index (χ4n) is 2.84. The smallest absolute Gasteiger partial charge is 0.0256 e. The lowest BCUT2D eigenvalue weighted by atomic mass is 9.93. The number of nitrogens with two attached hydrogens (primary N) is 1. The second-order valence-corrected chi connectivity index (χ2v) is 5.50. The highest BCUT2D eigenvalue weighted by atomic mass is 14.9. The summed E-state index contributed by atoms with van der Waals surface area (Å²) in [6, 6.07) is 11.0. The summed E-state index contributed by atoms with van der Waals surface area (Å²) in [6.45, 7) is 3.99.